The van der Waals surface area contributed by atoms with Crippen LogP contribution in [0, 0.1) is 0 Å². The molecule has 0 aliphatic heterocycles. The van der Waals surface area contributed by atoms with E-state index in [-0.39, 0.29) is 12.1 Å². The second-order valence-electron chi connectivity index (χ2n) is 5.26. The molecule has 0 aliphatic rings. The van der Waals surface area contributed by atoms with E-state index in [1.165, 1.54) is 11.1 Å². The molecule has 2 aromatic carbocycles. The Hall–Kier alpha value is -1.16. The zero-order valence-electron chi connectivity index (χ0n) is 12.0. The first-order valence-electron chi connectivity index (χ1n) is 6.83. The minimum atomic E-state index is 0.0783. The molecule has 2 atom stereocenters. The fraction of sp³-hybridized carbons (Fsp3) is 0.294. The summed E-state index contributed by atoms with van der Waals surface area (Å²) in [6, 6.07) is 19.2. The number of nitrogens with zero attached hydrogens (tertiary/aromatic N) is 1. The van der Waals surface area contributed by atoms with E-state index in [1.807, 2.05) is 12.1 Å². The Bertz CT molecular complexity index is 540. The van der Waals surface area contributed by atoms with Gasteiger partial charge in [0.1, 0.15) is 0 Å². The predicted octanol–water partition coefficient (Wildman–Crippen LogP) is 3.97. The van der Waals surface area contributed by atoms with E-state index in [2.05, 4.69) is 77.3 Å². The van der Waals surface area contributed by atoms with E-state index in [9.17, 15) is 0 Å². The summed E-state index contributed by atoms with van der Waals surface area (Å²) in [5, 5.41) is 0. The maximum Gasteiger partial charge on any atom is 0.0496 e. The van der Waals surface area contributed by atoms with Crippen LogP contribution in [0.5, 0.6) is 0 Å². The molecule has 0 aromatic heterocycles. The number of nitrogens with two attached hydrogens (primary N) is 1. The number of halogens is 1. The highest BCUT2D eigenvalue weighted by Gasteiger charge is 2.20. The van der Waals surface area contributed by atoms with Gasteiger partial charge in [-0.3, -0.25) is 4.90 Å². The molecule has 0 spiro atoms. The fourth-order valence-corrected chi connectivity index (χ4v) is 3.08. The molecule has 0 bridgehead atoms. The van der Waals surface area contributed by atoms with Gasteiger partial charge in [-0.25, -0.2) is 0 Å². The monoisotopic (exact) mass is 332 g/mol. The second-order valence-corrected chi connectivity index (χ2v) is 6.18. The van der Waals surface area contributed by atoms with Gasteiger partial charge in [-0.1, -0.05) is 58.4 Å². The molecular weight excluding hydrogens is 312 g/mol. The molecule has 2 unspecified atom stereocenters. The molecule has 0 fully saturated rings. The minimum absolute atomic E-state index is 0.0783. The lowest BCUT2D eigenvalue weighted by molar-refractivity contribution is 0.211. The molecule has 2 rings (SSSR count). The van der Waals surface area contributed by atoms with E-state index in [0.29, 0.717) is 0 Å². The summed E-state index contributed by atoms with van der Waals surface area (Å²) in [7, 11) is 2.13. The van der Waals surface area contributed by atoms with Gasteiger partial charge < -0.3 is 5.73 Å². The lowest BCUT2D eigenvalue weighted by atomic mass is 9.99. The van der Waals surface area contributed by atoms with Crippen molar-refractivity contribution in [1.82, 2.24) is 4.90 Å². The molecule has 0 radical (unpaired) electrons. The van der Waals surface area contributed by atoms with Crippen LogP contribution in [0.15, 0.2) is 59.1 Å². The first-order chi connectivity index (χ1) is 9.58. The second kappa shape index (κ2) is 7.02. The summed E-state index contributed by atoms with van der Waals surface area (Å²) < 4.78 is 1.11. The number of hydrogen-bond acceptors (Lipinski definition) is 2. The molecule has 2 nitrogen and oxygen atoms in total. The molecule has 2 N–H and O–H groups in total. The van der Waals surface area contributed by atoms with Crippen molar-refractivity contribution < 1.29 is 0 Å². The minimum Gasteiger partial charge on any atom is -0.326 e. The molecule has 20 heavy (non-hydrogen) atoms. The summed E-state index contributed by atoms with van der Waals surface area (Å²) in [6.07, 6.45) is 0. The van der Waals surface area contributed by atoms with Crippen molar-refractivity contribution in [3.8, 4) is 0 Å². The first kappa shape index (κ1) is 15.2. The zero-order valence-corrected chi connectivity index (χ0v) is 13.5. The van der Waals surface area contributed by atoms with Crippen LogP contribution < -0.4 is 5.73 Å². The summed E-state index contributed by atoms with van der Waals surface area (Å²) in [5.41, 5.74) is 8.75. The van der Waals surface area contributed by atoms with Gasteiger partial charge in [0.05, 0.1) is 0 Å². The molecule has 0 aliphatic carbocycles. The Kier molecular flexibility index (Phi) is 5.35. The Balaban J connectivity index is 2.18. The van der Waals surface area contributed by atoms with Crippen molar-refractivity contribution in [2.45, 2.75) is 25.6 Å². The third-order valence-electron chi connectivity index (χ3n) is 3.43. The Morgan fingerprint density at radius 3 is 2.40 bits per heavy atom. The zero-order chi connectivity index (χ0) is 14.5. The lowest BCUT2D eigenvalue weighted by Crippen LogP contribution is -2.36. The van der Waals surface area contributed by atoms with Crippen LogP contribution in [0.25, 0.3) is 0 Å². The molecule has 0 saturated heterocycles. The van der Waals surface area contributed by atoms with E-state index >= 15 is 0 Å². The quantitative estimate of drug-likeness (QED) is 0.897. The molecule has 0 amide bonds. The summed E-state index contributed by atoms with van der Waals surface area (Å²) in [6.45, 7) is 2.94. The van der Waals surface area contributed by atoms with Gasteiger partial charge in [-0.2, -0.15) is 0 Å². The SMILES string of the molecule is CC(N)C(c1ccccc1)N(C)Cc1cccc(Br)c1. The Labute approximate surface area is 129 Å². The highest BCUT2D eigenvalue weighted by Crippen LogP contribution is 2.24. The van der Waals surface area contributed by atoms with Crippen molar-refractivity contribution in [2.75, 3.05) is 7.05 Å². The maximum absolute atomic E-state index is 6.20. The Morgan fingerprint density at radius 2 is 1.80 bits per heavy atom. The molecule has 106 valence electrons. The molecule has 0 heterocycles. The van der Waals surface area contributed by atoms with Crippen LogP contribution >= 0.6 is 15.9 Å². The van der Waals surface area contributed by atoms with Crippen molar-refractivity contribution in [3.63, 3.8) is 0 Å². The van der Waals surface area contributed by atoms with Crippen molar-refractivity contribution >= 4 is 15.9 Å². The summed E-state index contributed by atoms with van der Waals surface area (Å²) in [5.74, 6) is 0. The topological polar surface area (TPSA) is 29.3 Å². The molecule has 2 aromatic rings. The van der Waals surface area contributed by atoms with Crippen LogP contribution in [0.2, 0.25) is 0 Å². The van der Waals surface area contributed by atoms with E-state index in [4.69, 9.17) is 5.73 Å². The van der Waals surface area contributed by atoms with Gasteiger partial charge in [0.25, 0.3) is 0 Å². The third-order valence-corrected chi connectivity index (χ3v) is 3.93. The molecule has 3 heteroatoms. The third kappa shape index (κ3) is 3.92. The molecule has 0 saturated carbocycles. The van der Waals surface area contributed by atoms with Crippen molar-refractivity contribution in [1.29, 1.82) is 0 Å². The smallest absolute Gasteiger partial charge is 0.0496 e. The van der Waals surface area contributed by atoms with Crippen molar-refractivity contribution in [2.24, 2.45) is 5.73 Å². The van der Waals surface area contributed by atoms with Crippen molar-refractivity contribution in [3.05, 3.63) is 70.2 Å². The van der Waals surface area contributed by atoms with Gasteiger partial charge in [-0.15, -0.1) is 0 Å². The average molecular weight is 333 g/mol. The van der Waals surface area contributed by atoms with Gasteiger partial charge in [0.15, 0.2) is 0 Å². The van der Waals surface area contributed by atoms with Crippen LogP contribution in [0.3, 0.4) is 0 Å². The Morgan fingerprint density at radius 1 is 1.10 bits per heavy atom. The van der Waals surface area contributed by atoms with Crippen LogP contribution in [0.1, 0.15) is 24.1 Å². The standard InChI is InChI=1S/C17H21BrN2/c1-13(19)17(15-8-4-3-5-9-15)20(2)12-14-7-6-10-16(18)11-14/h3-11,13,17H,12,19H2,1-2H3. The van der Waals surface area contributed by atoms with Gasteiger partial charge in [0.2, 0.25) is 0 Å². The highest BCUT2D eigenvalue weighted by atomic mass is 79.9. The number of rotatable bonds is 5. The number of benzene rings is 2. The average Bonchev–Trinajstić information content (AvgIpc) is 2.39. The van der Waals surface area contributed by atoms with Crippen LogP contribution in [-0.4, -0.2) is 18.0 Å². The highest BCUT2D eigenvalue weighted by molar-refractivity contribution is 9.10. The van der Waals surface area contributed by atoms with Gasteiger partial charge in [-0.05, 0) is 37.2 Å². The first-order valence-corrected chi connectivity index (χ1v) is 7.62. The van der Waals surface area contributed by atoms with E-state index in [1.54, 1.807) is 0 Å². The van der Waals surface area contributed by atoms with Gasteiger partial charge in [0, 0.05) is 23.1 Å². The summed E-state index contributed by atoms with van der Waals surface area (Å²) in [4.78, 5) is 2.31. The van der Waals surface area contributed by atoms with E-state index < -0.39 is 0 Å². The van der Waals surface area contributed by atoms with Crippen LogP contribution in [0.4, 0.5) is 0 Å². The molecular formula is C17H21BrN2. The number of hydrogen-bond donors (Lipinski definition) is 1. The number of likely N-dealkylation sites (N-methyl/N-ethyl adjacent to an activating group) is 1. The summed E-state index contributed by atoms with van der Waals surface area (Å²) >= 11 is 3.52. The lowest BCUT2D eigenvalue weighted by Gasteiger charge is -2.31. The normalized spacial score (nSPS) is 14.2. The maximum atomic E-state index is 6.20. The van der Waals surface area contributed by atoms with Crippen LogP contribution in [-0.2, 0) is 6.54 Å². The predicted molar refractivity (Wildman–Crippen MR) is 88.4 cm³/mol. The van der Waals surface area contributed by atoms with Gasteiger partial charge >= 0.3 is 0 Å². The largest absolute Gasteiger partial charge is 0.326 e. The van der Waals surface area contributed by atoms with E-state index in [0.717, 1.165) is 11.0 Å². The fourth-order valence-electron chi connectivity index (χ4n) is 2.63.